The molecule has 0 fully saturated rings. The molecule has 10 aromatic rings. The zero-order valence-corrected chi connectivity index (χ0v) is 31.7. The third-order valence-electron chi connectivity index (χ3n) is 11.1. The zero-order chi connectivity index (χ0) is 38.1. The van der Waals surface area contributed by atoms with Crippen LogP contribution >= 0.6 is 0 Å². The maximum Gasteiger partial charge on any atom is 0.135 e. The van der Waals surface area contributed by atoms with Crippen LogP contribution < -0.4 is 5.73 Å². The SMILES string of the molecule is C/C=C\C=C/c1c(C)c2c3[nH]cc4c(N)c(/C=C\C)n(-c5ccc6oc7ccccc7c6c5)c4ccc(C)c3ccc2n1-c1ccc2oc3ccccc3c2c1. The minimum absolute atomic E-state index is 0.700. The zero-order valence-electron chi connectivity index (χ0n) is 31.7. The first-order chi connectivity index (χ1) is 27.4. The normalized spacial score (nSPS) is 12.5. The highest BCUT2D eigenvalue weighted by atomic mass is 16.3. The van der Waals surface area contributed by atoms with Crippen LogP contribution in [0.2, 0.25) is 0 Å². The van der Waals surface area contributed by atoms with Crippen LogP contribution in [0.15, 0.2) is 149 Å². The van der Waals surface area contributed by atoms with Gasteiger partial charge in [0.2, 0.25) is 0 Å². The largest absolute Gasteiger partial charge is 0.456 e. The number of benzene rings is 5. The van der Waals surface area contributed by atoms with E-state index in [9.17, 15) is 0 Å². The lowest BCUT2D eigenvalue weighted by Gasteiger charge is -2.10. The van der Waals surface area contributed by atoms with Crippen LogP contribution in [0.5, 0.6) is 0 Å². The molecule has 0 aliphatic rings. The summed E-state index contributed by atoms with van der Waals surface area (Å²) in [5, 5.41) is 7.55. The number of furan rings is 2. The number of nitrogens with zero attached hydrogens (tertiary/aromatic N) is 2. The van der Waals surface area contributed by atoms with Gasteiger partial charge in [0, 0.05) is 61.0 Å². The molecule has 0 radical (unpaired) electrons. The highest BCUT2D eigenvalue weighted by molar-refractivity contribution is 6.11. The van der Waals surface area contributed by atoms with Crippen LogP contribution in [0.4, 0.5) is 5.69 Å². The number of aromatic nitrogens is 3. The molecule has 3 N–H and O–H groups in total. The van der Waals surface area contributed by atoms with Crippen molar-refractivity contribution in [3.05, 3.63) is 162 Å². The van der Waals surface area contributed by atoms with Crippen molar-refractivity contribution in [3.8, 4) is 11.4 Å². The van der Waals surface area contributed by atoms with Crippen LogP contribution in [0.25, 0.3) is 100 Å². The van der Waals surface area contributed by atoms with Gasteiger partial charge in [-0.25, -0.2) is 0 Å². The maximum absolute atomic E-state index is 7.12. The Labute approximate surface area is 323 Å². The third-order valence-corrected chi connectivity index (χ3v) is 11.1. The van der Waals surface area contributed by atoms with E-state index < -0.39 is 0 Å². The summed E-state index contributed by atoms with van der Waals surface area (Å²) in [6.07, 6.45) is 14.6. The number of allylic oxidation sites excluding steroid dienone is 4. The fourth-order valence-corrected chi connectivity index (χ4v) is 8.50. The van der Waals surface area contributed by atoms with Crippen LogP contribution in [0.1, 0.15) is 36.4 Å². The number of fused-ring (bicyclic) bond motifs is 10. The van der Waals surface area contributed by atoms with Gasteiger partial charge in [0.25, 0.3) is 0 Å². The molecular formula is C50H40N4O2. The van der Waals surface area contributed by atoms with Gasteiger partial charge in [0.05, 0.1) is 27.9 Å². The molecule has 5 aromatic carbocycles. The standard InChI is InChI=1S/C50H40N4O2/c1-5-7-8-16-40-31(4)48-42(53(40)32-20-25-46-37(27-32)35-14-9-11-17-44(35)55-46)24-22-34-30(3)19-23-41-39(29-52-50(34)48)49(51)43(13-6-2)54(41)33-21-26-47-38(28-33)36-15-10-12-18-45(36)56-47/h5-29,52H,51H2,1-4H3/b7-5-,13-6-,16-8-,30-19?,39-29?,41-23?. The van der Waals surface area contributed by atoms with E-state index in [-0.39, 0.29) is 0 Å². The first kappa shape index (κ1) is 33.4. The van der Waals surface area contributed by atoms with Gasteiger partial charge in [0.15, 0.2) is 0 Å². The molecule has 0 saturated carbocycles. The Bertz CT molecular complexity index is 3370. The van der Waals surface area contributed by atoms with E-state index in [1.54, 1.807) is 0 Å². The summed E-state index contributed by atoms with van der Waals surface area (Å²) in [6, 6.07) is 38.2. The Morgan fingerprint density at radius 3 is 1.80 bits per heavy atom. The first-order valence-electron chi connectivity index (χ1n) is 19.0. The predicted molar refractivity (Wildman–Crippen MR) is 237 cm³/mol. The second kappa shape index (κ2) is 13.0. The molecule has 6 heteroatoms. The summed E-state index contributed by atoms with van der Waals surface area (Å²) < 4.78 is 17.0. The van der Waals surface area contributed by atoms with Gasteiger partial charge in [-0.2, -0.15) is 0 Å². The molecule has 0 atom stereocenters. The molecule has 0 spiro atoms. The van der Waals surface area contributed by atoms with E-state index in [4.69, 9.17) is 14.6 Å². The molecule has 0 aliphatic carbocycles. The Kier molecular flexibility index (Phi) is 7.75. The molecule has 6 nitrogen and oxygen atoms in total. The minimum Gasteiger partial charge on any atom is -0.456 e. The van der Waals surface area contributed by atoms with Gasteiger partial charge in [-0.3, -0.25) is 0 Å². The van der Waals surface area contributed by atoms with Crippen molar-refractivity contribution in [1.29, 1.82) is 0 Å². The highest BCUT2D eigenvalue weighted by Gasteiger charge is 2.20. The number of nitrogens with one attached hydrogen (secondary N) is 1. The molecular weight excluding hydrogens is 689 g/mol. The van der Waals surface area contributed by atoms with Crippen molar-refractivity contribution >= 4 is 94.4 Å². The lowest BCUT2D eigenvalue weighted by molar-refractivity contribution is 0.668. The fourth-order valence-electron chi connectivity index (χ4n) is 8.50. The van der Waals surface area contributed by atoms with Gasteiger partial charge in [-0.05, 0) is 112 Å². The Morgan fingerprint density at radius 1 is 0.554 bits per heavy atom. The maximum atomic E-state index is 7.12. The highest BCUT2D eigenvalue weighted by Crippen LogP contribution is 2.39. The van der Waals surface area contributed by atoms with E-state index in [0.717, 1.165) is 105 Å². The van der Waals surface area contributed by atoms with E-state index in [2.05, 4.69) is 143 Å². The van der Waals surface area contributed by atoms with Crippen molar-refractivity contribution in [2.24, 2.45) is 0 Å². The molecule has 0 saturated heterocycles. The second-order valence-corrected chi connectivity index (χ2v) is 14.4. The Morgan fingerprint density at radius 2 is 1.16 bits per heavy atom. The Balaban J connectivity index is 1.26. The molecule has 0 bridgehead atoms. The van der Waals surface area contributed by atoms with Crippen LogP contribution in [-0.2, 0) is 0 Å². The second-order valence-electron chi connectivity index (χ2n) is 14.4. The van der Waals surface area contributed by atoms with Gasteiger partial charge in [-0.15, -0.1) is 0 Å². The van der Waals surface area contributed by atoms with Gasteiger partial charge in [-0.1, -0.05) is 72.8 Å². The molecule has 0 amide bonds. The molecule has 10 rings (SSSR count). The van der Waals surface area contributed by atoms with E-state index in [1.807, 2.05) is 50.3 Å². The Hall–Kier alpha value is -7.18. The van der Waals surface area contributed by atoms with E-state index in [1.165, 1.54) is 5.56 Å². The number of aromatic amines is 1. The predicted octanol–water partition coefficient (Wildman–Crippen LogP) is 13.8. The molecule has 5 aromatic heterocycles. The summed E-state index contributed by atoms with van der Waals surface area (Å²) >= 11 is 0. The van der Waals surface area contributed by atoms with Crippen molar-refractivity contribution in [2.75, 3.05) is 5.73 Å². The molecule has 272 valence electrons. The van der Waals surface area contributed by atoms with Crippen molar-refractivity contribution < 1.29 is 8.83 Å². The number of anilines is 1. The molecule has 0 unspecified atom stereocenters. The van der Waals surface area contributed by atoms with Gasteiger partial charge < -0.3 is 28.7 Å². The molecule has 0 aliphatic heterocycles. The van der Waals surface area contributed by atoms with Gasteiger partial charge in [0.1, 0.15) is 22.3 Å². The van der Waals surface area contributed by atoms with Crippen molar-refractivity contribution in [1.82, 2.24) is 14.1 Å². The topological polar surface area (TPSA) is 78.0 Å². The van der Waals surface area contributed by atoms with Crippen LogP contribution in [0, 0.1) is 13.8 Å². The number of nitrogens with two attached hydrogens (primary N) is 1. The third kappa shape index (κ3) is 5.03. The minimum atomic E-state index is 0.700. The average molecular weight is 729 g/mol. The quantitative estimate of drug-likeness (QED) is 0.173. The fraction of sp³-hybridized carbons (Fsp3) is 0.0800. The average Bonchev–Trinajstić information content (AvgIpc) is 3.94. The summed E-state index contributed by atoms with van der Waals surface area (Å²) in [5.41, 5.74) is 20.9. The number of hydrogen-bond donors (Lipinski definition) is 2. The molecule has 56 heavy (non-hydrogen) atoms. The van der Waals surface area contributed by atoms with Gasteiger partial charge >= 0.3 is 0 Å². The first-order valence-corrected chi connectivity index (χ1v) is 19.0. The number of H-pyrrole nitrogens is 1. The molecule has 5 heterocycles. The summed E-state index contributed by atoms with van der Waals surface area (Å²) in [6.45, 7) is 8.46. The van der Waals surface area contributed by atoms with Crippen molar-refractivity contribution in [2.45, 2.75) is 27.7 Å². The number of hydrogen-bond acceptors (Lipinski definition) is 3. The van der Waals surface area contributed by atoms with Crippen LogP contribution in [-0.4, -0.2) is 14.1 Å². The summed E-state index contributed by atoms with van der Waals surface area (Å²) in [4.78, 5) is 3.82. The smallest absolute Gasteiger partial charge is 0.135 e. The number of para-hydroxylation sites is 2. The number of aryl methyl sites for hydroxylation is 2. The monoisotopic (exact) mass is 728 g/mol. The van der Waals surface area contributed by atoms with Crippen molar-refractivity contribution in [3.63, 3.8) is 0 Å². The summed E-state index contributed by atoms with van der Waals surface area (Å²) in [7, 11) is 0. The van der Waals surface area contributed by atoms with Crippen LogP contribution in [0.3, 0.4) is 0 Å². The number of nitrogen functional groups attached to an aromatic ring is 1. The number of rotatable bonds is 5. The lowest BCUT2D eigenvalue weighted by Crippen LogP contribution is -1.97. The summed E-state index contributed by atoms with van der Waals surface area (Å²) in [5.74, 6) is 0. The lowest BCUT2D eigenvalue weighted by atomic mass is 10.1. The van der Waals surface area contributed by atoms with E-state index in [0.29, 0.717) is 5.69 Å². The van der Waals surface area contributed by atoms with E-state index >= 15 is 0 Å².